The number of methoxy groups -OCH3 is 1. The van der Waals surface area contributed by atoms with E-state index in [1.165, 1.54) is 11.3 Å². The van der Waals surface area contributed by atoms with E-state index in [1.54, 1.807) is 31.4 Å². The van der Waals surface area contributed by atoms with Gasteiger partial charge in [0.25, 0.3) is 0 Å². The fraction of sp³-hybridized carbons (Fsp3) is 0.348. The largest absolute Gasteiger partial charge is 0.496 e. The van der Waals surface area contributed by atoms with Gasteiger partial charge in [-0.3, -0.25) is 9.52 Å². The van der Waals surface area contributed by atoms with Crippen molar-refractivity contribution < 1.29 is 22.7 Å². The number of benzene rings is 2. The number of hydrogen-bond acceptors (Lipinski definition) is 7. The third kappa shape index (κ3) is 4.71. The Hall–Kier alpha value is -3.18. The number of anilines is 2. The van der Waals surface area contributed by atoms with Crippen LogP contribution in [0.1, 0.15) is 32.8 Å². The second kappa shape index (κ2) is 8.55. The Morgan fingerprint density at radius 1 is 1.18 bits per heavy atom. The minimum atomic E-state index is -3.42. The van der Waals surface area contributed by atoms with Crippen molar-refractivity contribution in [3.63, 3.8) is 0 Å². The number of aromatic nitrogens is 1. The molecule has 1 fully saturated rings. The van der Waals surface area contributed by atoms with Crippen LogP contribution < -0.4 is 19.7 Å². The van der Waals surface area contributed by atoms with E-state index in [-0.39, 0.29) is 17.7 Å². The number of thiazole rings is 1. The van der Waals surface area contributed by atoms with E-state index in [0.717, 1.165) is 21.4 Å². The lowest BCUT2D eigenvalue weighted by Gasteiger charge is -2.29. The SMILES string of the molecule is COc1c(-c2nc3cc(NS(C)(=O)=O)ccc3s2)cc(N2C(=O)CCNC2=O)cc1C(C)(C)C. The summed E-state index contributed by atoms with van der Waals surface area (Å²) in [5, 5.41) is 3.34. The van der Waals surface area contributed by atoms with Crippen molar-refractivity contribution in [2.75, 3.05) is 29.5 Å². The maximum absolute atomic E-state index is 12.6. The molecule has 0 atom stereocenters. The van der Waals surface area contributed by atoms with Gasteiger partial charge in [0.05, 0.1) is 40.5 Å². The summed E-state index contributed by atoms with van der Waals surface area (Å²) in [4.78, 5) is 31.1. The Kier molecular flexibility index (Phi) is 6.03. The maximum Gasteiger partial charge on any atom is 0.328 e. The number of fused-ring (bicyclic) bond motifs is 1. The Balaban J connectivity index is 1.91. The molecule has 0 spiro atoms. The van der Waals surface area contributed by atoms with Crippen LogP contribution in [-0.2, 0) is 20.2 Å². The zero-order valence-electron chi connectivity index (χ0n) is 19.6. The Bertz CT molecular complexity index is 1390. The zero-order chi connectivity index (χ0) is 24.8. The summed E-state index contributed by atoms with van der Waals surface area (Å²) in [7, 11) is -1.84. The number of ether oxygens (including phenoxy) is 1. The first-order valence-corrected chi connectivity index (χ1v) is 13.3. The molecule has 3 aromatic rings. The number of urea groups is 1. The van der Waals surface area contributed by atoms with Gasteiger partial charge >= 0.3 is 6.03 Å². The molecule has 1 aliphatic rings. The van der Waals surface area contributed by atoms with E-state index in [2.05, 4.69) is 10.0 Å². The molecule has 0 unspecified atom stereocenters. The van der Waals surface area contributed by atoms with E-state index in [9.17, 15) is 18.0 Å². The van der Waals surface area contributed by atoms with Crippen molar-refractivity contribution >= 4 is 54.9 Å². The molecule has 0 radical (unpaired) electrons. The van der Waals surface area contributed by atoms with Crippen LogP contribution in [0.3, 0.4) is 0 Å². The molecule has 1 saturated heterocycles. The van der Waals surface area contributed by atoms with Crippen LogP contribution in [0.25, 0.3) is 20.8 Å². The standard InChI is InChI=1S/C23H26N4O5S2/c1-23(2,3)16-12-14(27-19(28)8-9-24-22(27)29)11-15(20(16)32-4)21-25-17-10-13(26-34(5,30)31)6-7-18(17)33-21/h6-7,10-12,26H,8-9H2,1-5H3,(H,24,29). The summed E-state index contributed by atoms with van der Waals surface area (Å²) in [6.07, 6.45) is 1.31. The topological polar surface area (TPSA) is 118 Å². The van der Waals surface area contributed by atoms with Crippen LogP contribution in [0, 0.1) is 0 Å². The third-order valence-electron chi connectivity index (χ3n) is 5.33. The lowest BCUT2D eigenvalue weighted by molar-refractivity contribution is -0.118. The number of imide groups is 1. The number of hydrogen-bond donors (Lipinski definition) is 2. The molecule has 34 heavy (non-hydrogen) atoms. The highest BCUT2D eigenvalue weighted by atomic mass is 32.2. The molecule has 4 rings (SSSR count). The zero-order valence-corrected chi connectivity index (χ0v) is 21.2. The molecular formula is C23H26N4O5S2. The van der Waals surface area contributed by atoms with Gasteiger partial charge in [-0.1, -0.05) is 20.8 Å². The lowest BCUT2D eigenvalue weighted by atomic mass is 9.84. The number of nitrogens with zero attached hydrogens (tertiary/aromatic N) is 2. The smallest absolute Gasteiger partial charge is 0.328 e. The molecular weight excluding hydrogens is 476 g/mol. The first kappa shape index (κ1) is 24.0. The van der Waals surface area contributed by atoms with E-state index in [0.29, 0.717) is 39.8 Å². The fourth-order valence-electron chi connectivity index (χ4n) is 3.84. The van der Waals surface area contributed by atoms with Gasteiger partial charge in [0, 0.05) is 18.5 Å². The van der Waals surface area contributed by atoms with Gasteiger partial charge in [-0.15, -0.1) is 11.3 Å². The van der Waals surface area contributed by atoms with E-state index < -0.39 is 16.1 Å². The van der Waals surface area contributed by atoms with Crippen molar-refractivity contribution in [3.8, 4) is 16.3 Å². The average molecular weight is 503 g/mol. The number of sulfonamides is 1. The number of carbonyl (C=O) groups is 2. The number of nitrogens with one attached hydrogen (secondary N) is 2. The molecule has 0 bridgehead atoms. The highest BCUT2D eigenvalue weighted by Gasteiger charge is 2.31. The summed E-state index contributed by atoms with van der Waals surface area (Å²) in [5.74, 6) is 0.329. The molecule has 3 amide bonds. The molecule has 9 nitrogen and oxygen atoms in total. The molecule has 0 saturated carbocycles. The number of rotatable bonds is 5. The predicted molar refractivity (Wildman–Crippen MR) is 134 cm³/mol. The van der Waals surface area contributed by atoms with Crippen LogP contribution in [0.5, 0.6) is 5.75 Å². The first-order valence-electron chi connectivity index (χ1n) is 10.6. The third-order valence-corrected chi connectivity index (χ3v) is 7.01. The Morgan fingerprint density at radius 3 is 2.53 bits per heavy atom. The van der Waals surface area contributed by atoms with Crippen LogP contribution in [-0.4, -0.2) is 45.3 Å². The van der Waals surface area contributed by atoms with Crippen molar-refractivity contribution in [3.05, 3.63) is 35.9 Å². The normalized spacial score (nSPS) is 14.9. The Labute approximate surface area is 202 Å². The van der Waals surface area contributed by atoms with Crippen LogP contribution >= 0.6 is 11.3 Å². The van der Waals surface area contributed by atoms with Crippen LogP contribution in [0.4, 0.5) is 16.2 Å². The fourth-order valence-corrected chi connectivity index (χ4v) is 5.35. The van der Waals surface area contributed by atoms with Crippen LogP contribution in [0.2, 0.25) is 0 Å². The van der Waals surface area contributed by atoms with E-state index >= 15 is 0 Å². The molecule has 0 aliphatic carbocycles. The first-order chi connectivity index (χ1) is 15.9. The summed E-state index contributed by atoms with van der Waals surface area (Å²) in [6, 6.07) is 8.23. The lowest BCUT2D eigenvalue weighted by Crippen LogP contribution is -2.50. The molecule has 180 valence electrons. The van der Waals surface area contributed by atoms with Gasteiger partial charge in [-0.05, 0) is 35.7 Å². The van der Waals surface area contributed by atoms with Gasteiger partial charge in [0.1, 0.15) is 10.8 Å². The summed E-state index contributed by atoms with van der Waals surface area (Å²) >= 11 is 1.41. The Morgan fingerprint density at radius 2 is 1.91 bits per heavy atom. The van der Waals surface area contributed by atoms with Gasteiger partial charge in [0.15, 0.2) is 0 Å². The van der Waals surface area contributed by atoms with Crippen molar-refractivity contribution in [2.45, 2.75) is 32.6 Å². The second-order valence-electron chi connectivity index (χ2n) is 9.11. The average Bonchev–Trinajstić information content (AvgIpc) is 3.14. The molecule has 1 aromatic heterocycles. The minimum Gasteiger partial charge on any atom is -0.496 e. The van der Waals surface area contributed by atoms with Crippen molar-refractivity contribution in [1.82, 2.24) is 10.3 Å². The summed E-state index contributed by atoms with van der Waals surface area (Å²) < 4.78 is 32.3. The molecule has 2 aromatic carbocycles. The van der Waals surface area contributed by atoms with E-state index in [1.807, 2.05) is 26.8 Å². The molecule has 11 heteroatoms. The quantitative estimate of drug-likeness (QED) is 0.543. The monoisotopic (exact) mass is 502 g/mol. The maximum atomic E-state index is 12.6. The summed E-state index contributed by atoms with van der Waals surface area (Å²) in [5.41, 5.74) is 2.60. The number of amides is 3. The van der Waals surface area contributed by atoms with Crippen LogP contribution in [0.15, 0.2) is 30.3 Å². The second-order valence-corrected chi connectivity index (χ2v) is 11.9. The van der Waals surface area contributed by atoms with Gasteiger partial charge in [0.2, 0.25) is 15.9 Å². The highest BCUT2D eigenvalue weighted by Crippen LogP contribution is 2.44. The highest BCUT2D eigenvalue weighted by molar-refractivity contribution is 7.92. The number of carbonyl (C=O) groups excluding carboxylic acids is 2. The minimum absolute atomic E-state index is 0.217. The van der Waals surface area contributed by atoms with Gasteiger partial charge in [-0.25, -0.2) is 23.1 Å². The van der Waals surface area contributed by atoms with Crippen molar-refractivity contribution in [1.29, 1.82) is 0 Å². The van der Waals surface area contributed by atoms with Gasteiger partial charge < -0.3 is 10.1 Å². The predicted octanol–water partition coefficient (Wildman–Crippen LogP) is 4.09. The van der Waals surface area contributed by atoms with Crippen molar-refractivity contribution in [2.24, 2.45) is 0 Å². The van der Waals surface area contributed by atoms with E-state index in [4.69, 9.17) is 9.72 Å². The molecule has 2 N–H and O–H groups in total. The van der Waals surface area contributed by atoms with Gasteiger partial charge in [-0.2, -0.15) is 0 Å². The molecule has 2 heterocycles. The molecule has 1 aliphatic heterocycles. The summed E-state index contributed by atoms with van der Waals surface area (Å²) in [6.45, 7) is 6.39.